The van der Waals surface area contributed by atoms with Crippen LogP contribution >= 0.6 is 24.0 Å². The number of hydrogen-bond donors (Lipinski definition) is 0. The van der Waals surface area contributed by atoms with Gasteiger partial charge in [0.1, 0.15) is 15.8 Å². The van der Waals surface area contributed by atoms with E-state index in [2.05, 4.69) is 11.8 Å². The van der Waals surface area contributed by atoms with E-state index >= 15 is 0 Å². The molecule has 4 rings (SSSR count). The summed E-state index contributed by atoms with van der Waals surface area (Å²) in [7, 11) is 0. The fourth-order valence-electron chi connectivity index (χ4n) is 4.33. The van der Waals surface area contributed by atoms with Crippen molar-refractivity contribution in [3.05, 3.63) is 45.2 Å². The number of nitrogens with zero attached hydrogens (tertiary/aromatic N) is 4. The highest BCUT2D eigenvalue weighted by molar-refractivity contribution is 8.26. The van der Waals surface area contributed by atoms with E-state index in [1.807, 2.05) is 26.0 Å². The van der Waals surface area contributed by atoms with Crippen LogP contribution in [0.1, 0.15) is 52.0 Å². The summed E-state index contributed by atoms with van der Waals surface area (Å²) in [5.41, 5.74) is 0.784. The van der Waals surface area contributed by atoms with Crippen molar-refractivity contribution in [2.75, 3.05) is 24.5 Å². The lowest BCUT2D eigenvalue weighted by Crippen LogP contribution is -2.46. The van der Waals surface area contributed by atoms with Gasteiger partial charge in [-0.2, -0.15) is 0 Å². The first-order chi connectivity index (χ1) is 15.9. The summed E-state index contributed by atoms with van der Waals surface area (Å²) in [6.45, 7) is 8.05. The number of hydrogen-bond acceptors (Lipinski definition) is 7. The zero-order chi connectivity index (χ0) is 23.5. The van der Waals surface area contributed by atoms with E-state index in [0.717, 1.165) is 25.7 Å². The molecule has 4 heterocycles. The molecule has 9 heteroatoms. The Morgan fingerprint density at radius 3 is 2.67 bits per heavy atom. The van der Waals surface area contributed by atoms with E-state index in [0.29, 0.717) is 45.9 Å². The zero-order valence-corrected chi connectivity index (χ0v) is 21.0. The summed E-state index contributed by atoms with van der Waals surface area (Å²) in [5.74, 6) is 0.454. The minimum Gasteiger partial charge on any atom is -0.372 e. The number of thiocarbonyl (C=S) groups is 1. The summed E-state index contributed by atoms with van der Waals surface area (Å²) in [4.78, 5) is 35.7. The summed E-state index contributed by atoms with van der Waals surface area (Å²) < 4.78 is 7.95. The third-order valence-corrected chi connectivity index (χ3v) is 7.23. The Kier molecular flexibility index (Phi) is 7.51. The van der Waals surface area contributed by atoms with Gasteiger partial charge in [-0.05, 0) is 38.5 Å². The number of thioether (sulfide) groups is 1. The monoisotopic (exact) mass is 486 g/mol. The second-order valence-electron chi connectivity index (χ2n) is 8.64. The van der Waals surface area contributed by atoms with Crippen LogP contribution in [0.5, 0.6) is 0 Å². The van der Waals surface area contributed by atoms with Gasteiger partial charge < -0.3 is 9.64 Å². The van der Waals surface area contributed by atoms with E-state index < -0.39 is 0 Å². The number of anilines is 1. The topological polar surface area (TPSA) is 67.2 Å². The van der Waals surface area contributed by atoms with Crippen LogP contribution in [0.25, 0.3) is 11.7 Å². The minimum atomic E-state index is -0.199. The van der Waals surface area contributed by atoms with Gasteiger partial charge in [0.05, 0.1) is 22.7 Å². The number of carbonyl (C=O) groups is 1. The van der Waals surface area contributed by atoms with Gasteiger partial charge in [0, 0.05) is 25.8 Å². The number of carbonyl (C=O) groups excluding carboxylic acids is 1. The number of fused-ring (bicyclic) bond motifs is 1. The average molecular weight is 487 g/mol. The van der Waals surface area contributed by atoms with Gasteiger partial charge in [0.25, 0.3) is 11.5 Å². The molecule has 2 aromatic rings. The molecular formula is C24H30N4O3S2. The van der Waals surface area contributed by atoms with Crippen molar-refractivity contribution >= 4 is 51.7 Å². The van der Waals surface area contributed by atoms with E-state index in [1.54, 1.807) is 23.2 Å². The van der Waals surface area contributed by atoms with Crippen molar-refractivity contribution in [1.29, 1.82) is 0 Å². The van der Waals surface area contributed by atoms with Crippen molar-refractivity contribution < 1.29 is 9.53 Å². The lowest BCUT2D eigenvalue weighted by atomic mass is 10.1. The molecule has 33 heavy (non-hydrogen) atoms. The van der Waals surface area contributed by atoms with Crippen LogP contribution in [0, 0.1) is 0 Å². The normalized spacial score (nSPS) is 22.7. The summed E-state index contributed by atoms with van der Waals surface area (Å²) in [6, 6.07) is 5.48. The first kappa shape index (κ1) is 23.9. The van der Waals surface area contributed by atoms with Gasteiger partial charge in [-0.1, -0.05) is 56.2 Å². The van der Waals surface area contributed by atoms with Crippen molar-refractivity contribution in [2.45, 2.75) is 58.7 Å². The maximum absolute atomic E-state index is 13.5. The van der Waals surface area contributed by atoms with Gasteiger partial charge in [-0.25, -0.2) is 4.98 Å². The van der Waals surface area contributed by atoms with Crippen LogP contribution in [0.15, 0.2) is 34.1 Å². The van der Waals surface area contributed by atoms with Crippen molar-refractivity contribution in [1.82, 2.24) is 14.3 Å². The molecular weight excluding hydrogens is 456 g/mol. The van der Waals surface area contributed by atoms with Crippen LogP contribution < -0.4 is 10.5 Å². The molecule has 0 spiro atoms. The molecule has 0 bridgehead atoms. The van der Waals surface area contributed by atoms with Crippen LogP contribution in [0.4, 0.5) is 5.82 Å². The van der Waals surface area contributed by atoms with Gasteiger partial charge >= 0.3 is 0 Å². The predicted octanol–water partition coefficient (Wildman–Crippen LogP) is 4.09. The Labute approximate surface area is 203 Å². The summed E-state index contributed by atoms with van der Waals surface area (Å²) in [5, 5.41) is 0. The molecule has 0 aromatic carbocycles. The lowest BCUT2D eigenvalue weighted by molar-refractivity contribution is -0.122. The Morgan fingerprint density at radius 1 is 1.18 bits per heavy atom. The third-order valence-electron chi connectivity index (χ3n) is 5.85. The zero-order valence-electron chi connectivity index (χ0n) is 19.3. The minimum absolute atomic E-state index is 0.0129. The van der Waals surface area contributed by atoms with Gasteiger partial charge in [0.15, 0.2) is 0 Å². The first-order valence-electron chi connectivity index (χ1n) is 11.6. The van der Waals surface area contributed by atoms with E-state index in [4.69, 9.17) is 21.9 Å². The first-order valence-corrected chi connectivity index (χ1v) is 12.8. The van der Waals surface area contributed by atoms with Crippen molar-refractivity contribution in [3.8, 4) is 0 Å². The lowest BCUT2D eigenvalue weighted by Gasteiger charge is -2.36. The number of ether oxygens (including phenoxy) is 1. The number of amides is 1. The second kappa shape index (κ2) is 10.4. The SMILES string of the molecule is CCCCCCN1C(=O)/C(=C\c2c(N3CC(C)OC(C)C3)nc3ccccn3c2=O)SC1=S. The molecule has 2 fully saturated rings. The average Bonchev–Trinajstić information content (AvgIpc) is 3.05. The summed E-state index contributed by atoms with van der Waals surface area (Å²) in [6.07, 6.45) is 7.68. The van der Waals surface area contributed by atoms with E-state index in [-0.39, 0.29) is 23.7 Å². The maximum atomic E-state index is 13.5. The van der Waals surface area contributed by atoms with Crippen LogP contribution in [0.3, 0.4) is 0 Å². The molecule has 0 aliphatic carbocycles. The van der Waals surface area contributed by atoms with Crippen molar-refractivity contribution in [2.24, 2.45) is 0 Å². The Morgan fingerprint density at radius 2 is 1.94 bits per heavy atom. The second-order valence-corrected chi connectivity index (χ2v) is 10.3. The molecule has 2 aliphatic rings. The third kappa shape index (κ3) is 5.15. The standard InChI is InChI=1S/C24H30N4O3S2/c1-4-5-6-8-12-28-23(30)19(33-24(28)32)13-18-21(26-14-16(2)31-17(3)15-26)25-20-10-7-9-11-27(20)22(18)29/h7,9-11,13,16-17H,4-6,8,12,14-15H2,1-3H3/b19-13+. The smallest absolute Gasteiger partial charge is 0.267 e. The fraction of sp³-hybridized carbons (Fsp3) is 0.500. The van der Waals surface area contributed by atoms with E-state index in [9.17, 15) is 9.59 Å². The maximum Gasteiger partial charge on any atom is 0.267 e. The number of unbranched alkanes of at least 4 members (excludes halogenated alkanes) is 3. The molecule has 2 aromatic heterocycles. The van der Waals surface area contributed by atoms with E-state index in [1.165, 1.54) is 16.2 Å². The molecule has 7 nitrogen and oxygen atoms in total. The van der Waals surface area contributed by atoms with Crippen LogP contribution in [0.2, 0.25) is 0 Å². The molecule has 2 saturated heterocycles. The Balaban J connectivity index is 1.73. The predicted molar refractivity (Wildman–Crippen MR) is 138 cm³/mol. The quantitative estimate of drug-likeness (QED) is 0.332. The Bertz CT molecular complexity index is 1140. The number of pyridine rings is 1. The summed E-state index contributed by atoms with van der Waals surface area (Å²) >= 11 is 6.75. The number of rotatable bonds is 7. The highest BCUT2D eigenvalue weighted by atomic mass is 32.2. The Hall–Kier alpha value is -2.23. The number of morpholine rings is 1. The molecule has 0 N–H and O–H groups in total. The fourth-order valence-corrected chi connectivity index (χ4v) is 5.62. The van der Waals surface area contributed by atoms with Gasteiger partial charge in [-0.15, -0.1) is 0 Å². The van der Waals surface area contributed by atoms with Gasteiger partial charge in [0.2, 0.25) is 0 Å². The van der Waals surface area contributed by atoms with Crippen LogP contribution in [-0.4, -0.2) is 56.4 Å². The molecule has 1 amide bonds. The van der Waals surface area contributed by atoms with Gasteiger partial charge in [-0.3, -0.25) is 18.9 Å². The van der Waals surface area contributed by atoms with Crippen LogP contribution in [-0.2, 0) is 9.53 Å². The molecule has 176 valence electrons. The number of aromatic nitrogens is 2. The largest absolute Gasteiger partial charge is 0.372 e. The molecule has 2 atom stereocenters. The molecule has 0 radical (unpaired) electrons. The molecule has 0 saturated carbocycles. The van der Waals surface area contributed by atoms with Crippen molar-refractivity contribution in [3.63, 3.8) is 0 Å². The molecule has 2 unspecified atom stereocenters. The molecule has 2 aliphatic heterocycles. The highest BCUT2D eigenvalue weighted by Gasteiger charge is 2.33. The highest BCUT2D eigenvalue weighted by Crippen LogP contribution is 2.34.